The number of hydrogen-bond acceptors (Lipinski definition) is 28. The van der Waals surface area contributed by atoms with Gasteiger partial charge < -0.3 is 128 Å². The Hall–Kier alpha value is -2.54. The Kier molecular flexibility index (Phi) is 38.2. The van der Waals surface area contributed by atoms with Crippen LogP contribution in [0.2, 0.25) is 0 Å². The summed E-state index contributed by atoms with van der Waals surface area (Å²) in [6.45, 7) is 13.3. The molecule has 14 N–H and O–H groups in total. The third kappa shape index (κ3) is 21.6. The zero-order valence-corrected chi connectivity index (χ0v) is 39.2. The fraction of sp³-hybridized carbons (Fsp3) is 0.872. The maximum atomic E-state index is 11.4. The smallest absolute Gasteiger partial charge is 0.333 e. The van der Waals surface area contributed by atoms with Gasteiger partial charge in [0.15, 0.2) is 37.7 Å². The summed E-state index contributed by atoms with van der Waals surface area (Å²) in [6.07, 6.45) is -30.1. The molecule has 28 heteroatoms. The van der Waals surface area contributed by atoms with Crippen molar-refractivity contribution in [1.29, 1.82) is 0 Å². The van der Waals surface area contributed by atoms with Gasteiger partial charge in [0.1, 0.15) is 97.7 Å². The normalized spacial score (nSPS) is 36.9. The maximum Gasteiger partial charge on any atom is 0.333 e. The summed E-state index contributed by atoms with van der Waals surface area (Å²) in [6, 6.07) is 0. The molecule has 5 rings (SSSR count). The SMILES string of the molecule is C.C.C.C.C.C=C(C)C(=O)OCCC(OCC)OCC.C=C(C)C(=O)OCCC1OC[C@H]2O[C@H](O[C@H]3O[C@H](CO)[C@@H](O)[C@H](O)[C@H]3O)[C@H](O)[C@@H](O)[C@@H]2O1.OC[C@H]1O[C@H](O[C@H]2O[C@H](CO)[C@@H](O)[C@H](O)[C@H]2O)[C@H](O)[C@@H](O)[C@@H]1O. The summed E-state index contributed by atoms with van der Waals surface area (Å²) >= 11 is 0. The van der Waals surface area contributed by atoms with Crippen molar-refractivity contribution in [2.24, 2.45) is 0 Å². The van der Waals surface area contributed by atoms with Crippen LogP contribution in [0.15, 0.2) is 24.3 Å². The number of hydrogen-bond donors (Lipinski definition) is 14. The number of aliphatic hydroxyl groups excluding tert-OH is 14. The molecule has 28 nitrogen and oxygen atoms in total. The molecule has 5 heterocycles. The molecule has 5 aliphatic heterocycles. The summed E-state index contributed by atoms with van der Waals surface area (Å²) in [5.74, 6) is -0.926. The standard InChI is InChI=1S/C19H30O13.C12H22O11.C11H20O4.5CH4/c1-7(2)17(26)27-4-3-10-28-6-9-16(31-10)13(23)15(25)19(30-9)32-18-14(24)12(22)11(21)8(5-20)29-18;13-1-3-5(15)7(17)9(19)11(21-3)23-12-10(20)8(18)6(16)4(2-14)22-12;1-5-13-10(14-6-2)7-8-15-11(12)9(3)4;;;;;/h8-16,18-25H,1,3-6H2,2H3;3-20H,1-2H2;10H,3,5-8H2,1-2,4H3;5*1H4/t8-,9-,10?,11-,12+,13-,14-,15-,16-,18-,19-;3-,4-,5-,6-,7+,8+,9-,10-,11-,12-;;;;;;/m11....../s1. The summed E-state index contributed by atoms with van der Waals surface area (Å²) in [5.41, 5.74) is 0.652. The molecule has 0 amide bonds. The predicted octanol–water partition coefficient (Wildman–Crippen LogP) is -3.82. The first-order valence-electron chi connectivity index (χ1n) is 22.5. The van der Waals surface area contributed by atoms with Crippen molar-refractivity contribution in [3.63, 3.8) is 0 Å². The Morgan fingerprint density at radius 3 is 1.20 bits per heavy atom. The minimum Gasteiger partial charge on any atom is -0.462 e. The lowest BCUT2D eigenvalue weighted by molar-refractivity contribution is -0.398. The first-order valence-corrected chi connectivity index (χ1v) is 22.5. The Labute approximate surface area is 439 Å². The van der Waals surface area contributed by atoms with Gasteiger partial charge in [0.05, 0.1) is 39.6 Å². The minimum atomic E-state index is -1.72. The third-order valence-corrected chi connectivity index (χ3v) is 11.1. The molecule has 5 fully saturated rings. The Bertz CT molecular complexity index is 1530. The highest BCUT2D eigenvalue weighted by Crippen LogP contribution is 2.33. The lowest BCUT2D eigenvalue weighted by atomic mass is 9.97. The van der Waals surface area contributed by atoms with E-state index in [0.717, 1.165) is 0 Å². The Morgan fingerprint density at radius 2 is 0.853 bits per heavy atom. The van der Waals surface area contributed by atoms with Gasteiger partial charge >= 0.3 is 11.9 Å². The van der Waals surface area contributed by atoms with Gasteiger partial charge in [-0.3, -0.25) is 0 Å². The molecule has 0 bridgehead atoms. The molecule has 0 aromatic heterocycles. The van der Waals surface area contributed by atoms with E-state index in [4.69, 9.17) is 67.1 Å². The van der Waals surface area contributed by atoms with Crippen LogP contribution in [0.4, 0.5) is 0 Å². The quantitative estimate of drug-likeness (QED) is 0.0335. The summed E-state index contributed by atoms with van der Waals surface area (Å²) < 4.78 is 63.2. The fourth-order valence-corrected chi connectivity index (χ4v) is 7.02. The second-order valence-electron chi connectivity index (χ2n) is 16.5. The van der Waals surface area contributed by atoms with Crippen LogP contribution in [0.25, 0.3) is 0 Å². The molecule has 21 atom stereocenters. The summed E-state index contributed by atoms with van der Waals surface area (Å²) in [5, 5.41) is 136. The molecular formula is C47H92O28. The first-order chi connectivity index (χ1) is 33.1. The molecule has 0 spiro atoms. The van der Waals surface area contributed by atoms with Crippen LogP contribution in [-0.2, 0) is 66.4 Å². The van der Waals surface area contributed by atoms with Crippen LogP contribution in [0.5, 0.6) is 0 Å². The van der Waals surface area contributed by atoms with Crippen LogP contribution in [0, 0.1) is 0 Å². The topological polar surface area (TPSA) is 428 Å². The lowest BCUT2D eigenvalue weighted by Crippen LogP contribution is -2.65. The van der Waals surface area contributed by atoms with Crippen LogP contribution in [0.3, 0.4) is 0 Å². The molecular weight excluding hydrogens is 1010 g/mol. The van der Waals surface area contributed by atoms with Gasteiger partial charge in [0.2, 0.25) is 0 Å². The van der Waals surface area contributed by atoms with E-state index in [1.54, 1.807) is 6.92 Å². The number of aliphatic hydroxyl groups is 14. The molecule has 0 saturated carbocycles. The number of carbonyl (C=O) groups excluding carboxylic acids is 2. The monoisotopic (exact) mass is 1100 g/mol. The van der Waals surface area contributed by atoms with Crippen molar-refractivity contribution in [3.8, 4) is 0 Å². The molecule has 75 heavy (non-hydrogen) atoms. The number of esters is 2. The first kappa shape index (κ1) is 76.7. The second kappa shape index (κ2) is 37.4. The van der Waals surface area contributed by atoms with E-state index in [9.17, 15) is 70.9 Å². The largest absolute Gasteiger partial charge is 0.462 e. The molecule has 5 aliphatic rings. The molecule has 448 valence electrons. The fourth-order valence-electron chi connectivity index (χ4n) is 7.02. The van der Waals surface area contributed by atoms with Gasteiger partial charge in [-0.1, -0.05) is 50.3 Å². The highest BCUT2D eigenvalue weighted by Gasteiger charge is 2.53. The number of rotatable bonds is 19. The van der Waals surface area contributed by atoms with E-state index in [2.05, 4.69) is 13.2 Å². The number of carbonyl (C=O) groups is 2. The maximum absolute atomic E-state index is 11.4. The van der Waals surface area contributed by atoms with Crippen LogP contribution >= 0.6 is 0 Å². The molecule has 0 aromatic rings. The highest BCUT2D eigenvalue weighted by molar-refractivity contribution is 5.87. The van der Waals surface area contributed by atoms with E-state index in [1.165, 1.54) is 6.92 Å². The van der Waals surface area contributed by atoms with Crippen molar-refractivity contribution in [1.82, 2.24) is 0 Å². The number of ether oxygens (including phenoxy) is 12. The molecule has 1 unspecified atom stereocenters. The Balaban J connectivity index is -0.00000107. The molecule has 0 aromatic carbocycles. The van der Waals surface area contributed by atoms with Crippen molar-refractivity contribution < 1.29 is 138 Å². The zero-order valence-electron chi connectivity index (χ0n) is 39.2. The van der Waals surface area contributed by atoms with E-state index < -0.39 is 155 Å². The third-order valence-electron chi connectivity index (χ3n) is 11.1. The van der Waals surface area contributed by atoms with Gasteiger partial charge in [0.25, 0.3) is 0 Å². The predicted molar refractivity (Wildman–Crippen MR) is 260 cm³/mol. The van der Waals surface area contributed by atoms with Gasteiger partial charge in [0, 0.05) is 37.2 Å². The summed E-state index contributed by atoms with van der Waals surface area (Å²) in [7, 11) is 0. The molecule has 0 aliphatic carbocycles. The van der Waals surface area contributed by atoms with Crippen LogP contribution < -0.4 is 0 Å². The van der Waals surface area contributed by atoms with Crippen LogP contribution in [0.1, 0.15) is 77.7 Å². The van der Waals surface area contributed by atoms with Crippen LogP contribution in [-0.4, -0.2) is 272 Å². The van der Waals surface area contributed by atoms with E-state index >= 15 is 0 Å². The lowest BCUT2D eigenvalue weighted by Gasteiger charge is -2.48. The average Bonchev–Trinajstić information content (AvgIpc) is 3.33. The van der Waals surface area contributed by atoms with Gasteiger partial charge in [-0.05, 0) is 27.7 Å². The number of fused-ring (bicyclic) bond motifs is 1. The highest BCUT2D eigenvalue weighted by atomic mass is 16.8. The van der Waals surface area contributed by atoms with Crippen molar-refractivity contribution in [2.45, 2.75) is 213 Å². The van der Waals surface area contributed by atoms with E-state index in [1.807, 2.05) is 13.8 Å². The van der Waals surface area contributed by atoms with Crippen molar-refractivity contribution >= 4 is 11.9 Å². The van der Waals surface area contributed by atoms with Gasteiger partial charge in [-0.25, -0.2) is 9.59 Å². The van der Waals surface area contributed by atoms with Crippen molar-refractivity contribution in [3.05, 3.63) is 24.3 Å². The van der Waals surface area contributed by atoms with Crippen molar-refractivity contribution in [2.75, 3.05) is 52.9 Å². The van der Waals surface area contributed by atoms with E-state index in [0.29, 0.717) is 25.2 Å². The van der Waals surface area contributed by atoms with Gasteiger partial charge in [-0.15, -0.1) is 0 Å². The van der Waals surface area contributed by atoms with Gasteiger partial charge in [-0.2, -0.15) is 0 Å². The molecule has 5 saturated heterocycles. The second-order valence-corrected chi connectivity index (χ2v) is 16.5. The van der Waals surface area contributed by atoms with E-state index in [-0.39, 0.29) is 81.2 Å². The average molecular weight is 1110 g/mol. The zero-order chi connectivity index (χ0) is 52.6. The minimum absolute atomic E-state index is 0. The molecule has 0 radical (unpaired) electrons. The Morgan fingerprint density at radius 1 is 0.507 bits per heavy atom. The summed E-state index contributed by atoms with van der Waals surface area (Å²) in [4.78, 5) is 22.5.